The molecule has 1 aromatic heterocycles. The van der Waals surface area contributed by atoms with Gasteiger partial charge in [-0.2, -0.15) is 5.10 Å². The molecule has 1 unspecified atom stereocenters. The van der Waals surface area contributed by atoms with Crippen LogP contribution in [-0.2, 0) is 13.1 Å². The molecule has 0 aliphatic carbocycles. The van der Waals surface area contributed by atoms with Gasteiger partial charge in [0.05, 0.1) is 11.2 Å². The van der Waals surface area contributed by atoms with Crippen LogP contribution in [0.2, 0.25) is 0 Å². The number of benzene rings is 1. The number of aliphatic hydroxyl groups is 1. The summed E-state index contributed by atoms with van der Waals surface area (Å²) in [7, 11) is 0. The number of hydrogen-bond donors (Lipinski definition) is 2. The third-order valence-electron chi connectivity index (χ3n) is 4.16. The molecule has 20 heavy (non-hydrogen) atoms. The highest BCUT2D eigenvalue weighted by Crippen LogP contribution is 2.20. The fourth-order valence-corrected chi connectivity index (χ4v) is 2.50. The molecule has 0 aliphatic heterocycles. The summed E-state index contributed by atoms with van der Waals surface area (Å²) in [6.45, 7) is 8.23. The maximum absolute atomic E-state index is 9.18. The van der Waals surface area contributed by atoms with E-state index in [1.54, 1.807) is 0 Å². The van der Waals surface area contributed by atoms with Gasteiger partial charge in [-0.25, -0.2) is 0 Å². The van der Waals surface area contributed by atoms with Crippen LogP contribution in [-0.4, -0.2) is 27.0 Å². The van der Waals surface area contributed by atoms with Crippen LogP contribution in [0, 0.1) is 0 Å². The average Bonchev–Trinajstić information content (AvgIpc) is 2.84. The normalized spacial score (nSPS) is 14.6. The largest absolute Gasteiger partial charge is 0.396 e. The second kappa shape index (κ2) is 6.37. The van der Waals surface area contributed by atoms with Crippen molar-refractivity contribution in [3.8, 4) is 0 Å². The van der Waals surface area contributed by atoms with E-state index in [9.17, 15) is 5.11 Å². The van der Waals surface area contributed by atoms with E-state index in [0.29, 0.717) is 0 Å². The zero-order valence-corrected chi connectivity index (χ0v) is 12.7. The first kappa shape index (κ1) is 15.0. The highest BCUT2D eigenvalue weighted by atomic mass is 16.3. The van der Waals surface area contributed by atoms with Crippen molar-refractivity contribution < 1.29 is 5.11 Å². The van der Waals surface area contributed by atoms with Crippen LogP contribution in [0.3, 0.4) is 0 Å². The van der Waals surface area contributed by atoms with Gasteiger partial charge in [-0.15, -0.1) is 0 Å². The van der Waals surface area contributed by atoms with Crippen molar-refractivity contribution in [3.63, 3.8) is 0 Å². The van der Waals surface area contributed by atoms with Gasteiger partial charge in [-0.05, 0) is 32.8 Å². The molecule has 0 fully saturated rings. The van der Waals surface area contributed by atoms with Crippen molar-refractivity contribution in [1.82, 2.24) is 15.1 Å². The number of aromatic nitrogens is 2. The summed E-state index contributed by atoms with van der Waals surface area (Å²) in [5.41, 5.74) is 2.23. The Balaban J connectivity index is 2.21. The van der Waals surface area contributed by atoms with E-state index < -0.39 is 0 Å². The number of fused-ring (bicyclic) bond motifs is 1. The third kappa shape index (κ3) is 3.02. The Bertz CT molecular complexity index is 564. The Morgan fingerprint density at radius 2 is 2.05 bits per heavy atom. The number of aliphatic hydroxyl groups excluding tert-OH is 1. The van der Waals surface area contributed by atoms with E-state index in [0.717, 1.165) is 31.6 Å². The first-order valence-electron chi connectivity index (χ1n) is 7.44. The van der Waals surface area contributed by atoms with E-state index >= 15 is 0 Å². The lowest BCUT2D eigenvalue weighted by molar-refractivity contribution is 0.214. The SMILES string of the molecule is CCn1nc(CNC(C)(CC)CCO)c2ccccc21. The van der Waals surface area contributed by atoms with Gasteiger partial charge in [0.2, 0.25) is 0 Å². The fraction of sp³-hybridized carbons (Fsp3) is 0.562. The summed E-state index contributed by atoms with van der Waals surface area (Å²) in [6, 6.07) is 8.35. The highest BCUT2D eigenvalue weighted by molar-refractivity contribution is 5.81. The van der Waals surface area contributed by atoms with Crippen molar-refractivity contribution in [2.45, 2.75) is 52.2 Å². The molecule has 1 aromatic carbocycles. The lowest BCUT2D eigenvalue weighted by atomic mass is 9.95. The molecule has 0 radical (unpaired) electrons. The van der Waals surface area contributed by atoms with E-state index in [4.69, 9.17) is 5.10 Å². The first-order chi connectivity index (χ1) is 9.63. The predicted octanol–water partition coefficient (Wildman–Crippen LogP) is 2.70. The van der Waals surface area contributed by atoms with Gasteiger partial charge in [0.25, 0.3) is 0 Å². The number of nitrogens with one attached hydrogen (secondary N) is 1. The zero-order chi connectivity index (χ0) is 14.6. The standard InChI is InChI=1S/C16H25N3O/c1-4-16(3,10-11-20)17-12-14-13-8-6-7-9-15(13)19(5-2)18-14/h6-9,17,20H,4-5,10-12H2,1-3H3. The minimum atomic E-state index is -0.0359. The monoisotopic (exact) mass is 275 g/mol. The van der Waals surface area contributed by atoms with Gasteiger partial charge in [0.1, 0.15) is 0 Å². The molecule has 2 rings (SSSR count). The molecule has 110 valence electrons. The molecule has 0 spiro atoms. The van der Waals surface area contributed by atoms with Gasteiger partial charge in [0, 0.05) is 30.6 Å². The second-order valence-corrected chi connectivity index (χ2v) is 5.52. The highest BCUT2D eigenvalue weighted by Gasteiger charge is 2.21. The van der Waals surface area contributed by atoms with Crippen molar-refractivity contribution in [2.75, 3.05) is 6.61 Å². The van der Waals surface area contributed by atoms with E-state index in [-0.39, 0.29) is 12.1 Å². The number of aryl methyl sites for hydroxylation is 1. The van der Waals surface area contributed by atoms with Crippen LogP contribution in [0.4, 0.5) is 0 Å². The summed E-state index contributed by atoms with van der Waals surface area (Å²) >= 11 is 0. The number of para-hydroxylation sites is 1. The number of nitrogens with zero attached hydrogens (tertiary/aromatic N) is 2. The summed E-state index contributed by atoms with van der Waals surface area (Å²) in [6.07, 6.45) is 1.75. The van der Waals surface area contributed by atoms with Crippen molar-refractivity contribution in [3.05, 3.63) is 30.0 Å². The molecule has 4 heteroatoms. The minimum absolute atomic E-state index is 0.0359. The van der Waals surface area contributed by atoms with Crippen LogP contribution in [0.1, 0.15) is 39.3 Å². The molecular formula is C16H25N3O. The summed E-state index contributed by atoms with van der Waals surface area (Å²) in [5.74, 6) is 0. The van der Waals surface area contributed by atoms with Crippen LogP contribution in [0.5, 0.6) is 0 Å². The zero-order valence-electron chi connectivity index (χ0n) is 12.7. The second-order valence-electron chi connectivity index (χ2n) is 5.52. The Morgan fingerprint density at radius 1 is 1.30 bits per heavy atom. The van der Waals surface area contributed by atoms with Gasteiger partial charge in [-0.3, -0.25) is 4.68 Å². The quantitative estimate of drug-likeness (QED) is 0.817. The van der Waals surface area contributed by atoms with Crippen molar-refractivity contribution >= 4 is 10.9 Å². The van der Waals surface area contributed by atoms with Crippen LogP contribution in [0.25, 0.3) is 10.9 Å². The molecule has 0 amide bonds. The average molecular weight is 275 g/mol. The smallest absolute Gasteiger partial charge is 0.0841 e. The van der Waals surface area contributed by atoms with Gasteiger partial charge in [0.15, 0.2) is 0 Å². The van der Waals surface area contributed by atoms with Gasteiger partial charge < -0.3 is 10.4 Å². The molecule has 0 saturated heterocycles. The van der Waals surface area contributed by atoms with Crippen LogP contribution < -0.4 is 5.32 Å². The van der Waals surface area contributed by atoms with Crippen molar-refractivity contribution in [1.29, 1.82) is 0 Å². The molecule has 2 N–H and O–H groups in total. The van der Waals surface area contributed by atoms with E-state index in [1.807, 2.05) is 4.68 Å². The molecule has 0 bridgehead atoms. The third-order valence-corrected chi connectivity index (χ3v) is 4.16. The molecule has 0 saturated carbocycles. The predicted molar refractivity (Wildman–Crippen MR) is 82.6 cm³/mol. The van der Waals surface area contributed by atoms with Crippen molar-refractivity contribution in [2.24, 2.45) is 0 Å². The lowest BCUT2D eigenvalue weighted by Gasteiger charge is -2.28. The summed E-state index contributed by atoms with van der Waals surface area (Å²) in [4.78, 5) is 0. The molecule has 0 aliphatic rings. The molecular weight excluding hydrogens is 250 g/mol. The lowest BCUT2D eigenvalue weighted by Crippen LogP contribution is -2.42. The maximum Gasteiger partial charge on any atom is 0.0841 e. The molecule has 1 atom stereocenters. The topological polar surface area (TPSA) is 50.1 Å². The van der Waals surface area contributed by atoms with Gasteiger partial charge in [-0.1, -0.05) is 25.1 Å². The summed E-state index contributed by atoms with van der Waals surface area (Å²) in [5, 5.41) is 18.7. The first-order valence-corrected chi connectivity index (χ1v) is 7.44. The molecule has 1 heterocycles. The number of rotatable bonds is 7. The Kier molecular flexibility index (Phi) is 4.78. The van der Waals surface area contributed by atoms with Gasteiger partial charge >= 0.3 is 0 Å². The Labute approximate surface area is 120 Å². The van der Waals surface area contributed by atoms with Crippen LogP contribution in [0.15, 0.2) is 24.3 Å². The minimum Gasteiger partial charge on any atom is -0.396 e. The van der Waals surface area contributed by atoms with E-state index in [2.05, 4.69) is 50.4 Å². The summed E-state index contributed by atoms with van der Waals surface area (Å²) < 4.78 is 2.04. The Hall–Kier alpha value is -1.39. The molecule has 2 aromatic rings. The van der Waals surface area contributed by atoms with Crippen LogP contribution >= 0.6 is 0 Å². The fourth-order valence-electron chi connectivity index (χ4n) is 2.50. The maximum atomic E-state index is 9.18. The van der Waals surface area contributed by atoms with E-state index in [1.165, 1.54) is 10.9 Å². The Morgan fingerprint density at radius 3 is 2.70 bits per heavy atom. The molecule has 4 nitrogen and oxygen atoms in total. The number of hydrogen-bond acceptors (Lipinski definition) is 3.